The monoisotopic (exact) mass is 312 g/mol. The van der Waals surface area contributed by atoms with Crippen molar-refractivity contribution in [3.63, 3.8) is 0 Å². The first-order chi connectivity index (χ1) is 10.8. The molecule has 0 heteroatoms. The van der Waals surface area contributed by atoms with E-state index < -0.39 is 0 Å². The molecule has 4 unspecified atom stereocenters. The van der Waals surface area contributed by atoms with Gasteiger partial charge in [-0.1, -0.05) is 57.9 Å². The van der Waals surface area contributed by atoms with Crippen LogP contribution in [-0.2, 0) is 0 Å². The lowest BCUT2D eigenvalue weighted by atomic mass is 9.63. The topological polar surface area (TPSA) is 0 Å². The molecule has 1 fully saturated rings. The van der Waals surface area contributed by atoms with Gasteiger partial charge < -0.3 is 0 Å². The fourth-order valence-electron chi connectivity index (χ4n) is 4.85. The van der Waals surface area contributed by atoms with E-state index in [1.54, 1.807) is 0 Å². The number of allylic oxidation sites excluding steroid dienone is 4. The van der Waals surface area contributed by atoms with E-state index in [1.807, 2.05) is 0 Å². The standard InChI is InChI=1S/C23H36/c1-7-22(5,6)17-23(8-2,9-3)16-19-11-10-12-21-18(4)15-20(21)14-13-19/h1,10,12-14,18-21H,8-9,11,15-17H2,2-6H3. The summed E-state index contributed by atoms with van der Waals surface area (Å²) in [5, 5.41) is 0. The van der Waals surface area contributed by atoms with Gasteiger partial charge in [-0.3, -0.25) is 0 Å². The van der Waals surface area contributed by atoms with Gasteiger partial charge in [-0.05, 0) is 68.6 Å². The van der Waals surface area contributed by atoms with Gasteiger partial charge in [0.15, 0.2) is 0 Å². The minimum absolute atomic E-state index is 0.00168. The first-order valence-corrected chi connectivity index (χ1v) is 9.67. The van der Waals surface area contributed by atoms with Crippen LogP contribution in [0.2, 0.25) is 0 Å². The maximum absolute atomic E-state index is 5.78. The minimum atomic E-state index is 0.00168. The van der Waals surface area contributed by atoms with Gasteiger partial charge in [-0.2, -0.15) is 0 Å². The molecule has 128 valence electrons. The Morgan fingerprint density at radius 3 is 2.39 bits per heavy atom. The van der Waals surface area contributed by atoms with E-state index >= 15 is 0 Å². The van der Waals surface area contributed by atoms with E-state index in [1.165, 1.54) is 32.1 Å². The van der Waals surface area contributed by atoms with Crippen molar-refractivity contribution in [2.75, 3.05) is 0 Å². The summed E-state index contributed by atoms with van der Waals surface area (Å²) in [6.45, 7) is 11.5. The Balaban J connectivity index is 2.08. The van der Waals surface area contributed by atoms with E-state index in [2.05, 4.69) is 64.8 Å². The molecule has 2 aliphatic carbocycles. The van der Waals surface area contributed by atoms with E-state index in [9.17, 15) is 0 Å². The van der Waals surface area contributed by atoms with E-state index in [0.717, 1.165) is 24.2 Å². The van der Waals surface area contributed by atoms with Crippen LogP contribution in [0.5, 0.6) is 0 Å². The maximum atomic E-state index is 5.78. The van der Waals surface area contributed by atoms with Crippen LogP contribution in [0.25, 0.3) is 0 Å². The molecule has 0 radical (unpaired) electrons. The zero-order chi connectivity index (χ0) is 17.1. The zero-order valence-corrected chi connectivity index (χ0v) is 15.9. The molecule has 0 aliphatic heterocycles. The molecule has 0 amide bonds. The number of fused-ring (bicyclic) bond motifs is 1. The van der Waals surface area contributed by atoms with Gasteiger partial charge in [0.2, 0.25) is 0 Å². The predicted molar refractivity (Wildman–Crippen MR) is 102 cm³/mol. The van der Waals surface area contributed by atoms with Crippen molar-refractivity contribution in [2.24, 2.45) is 34.5 Å². The largest absolute Gasteiger partial charge is 0.120 e. The predicted octanol–water partition coefficient (Wildman–Crippen LogP) is 6.64. The number of rotatable bonds is 6. The van der Waals surface area contributed by atoms with Crippen LogP contribution in [0.3, 0.4) is 0 Å². The number of terminal acetylenes is 1. The van der Waals surface area contributed by atoms with Crippen LogP contribution in [0, 0.1) is 46.8 Å². The highest BCUT2D eigenvalue weighted by Gasteiger charge is 2.37. The van der Waals surface area contributed by atoms with Crippen molar-refractivity contribution in [3.05, 3.63) is 24.3 Å². The molecule has 0 spiro atoms. The third kappa shape index (κ3) is 4.32. The van der Waals surface area contributed by atoms with Gasteiger partial charge in [0.25, 0.3) is 0 Å². The van der Waals surface area contributed by atoms with Crippen molar-refractivity contribution >= 4 is 0 Å². The van der Waals surface area contributed by atoms with Gasteiger partial charge in [0.1, 0.15) is 0 Å². The van der Waals surface area contributed by atoms with Crippen LogP contribution in [0.4, 0.5) is 0 Å². The highest BCUT2D eigenvalue weighted by Crippen LogP contribution is 2.47. The van der Waals surface area contributed by atoms with Crippen LogP contribution in [0.1, 0.15) is 73.1 Å². The molecule has 0 aromatic rings. The summed E-state index contributed by atoms with van der Waals surface area (Å²) >= 11 is 0. The van der Waals surface area contributed by atoms with E-state index in [4.69, 9.17) is 6.42 Å². The summed E-state index contributed by atoms with van der Waals surface area (Å²) in [7, 11) is 0. The summed E-state index contributed by atoms with van der Waals surface area (Å²) in [6, 6.07) is 0. The quantitative estimate of drug-likeness (QED) is 0.381. The molecular weight excluding hydrogens is 276 g/mol. The fraction of sp³-hybridized carbons (Fsp3) is 0.739. The summed E-state index contributed by atoms with van der Waals surface area (Å²) < 4.78 is 0. The lowest BCUT2D eigenvalue weighted by Gasteiger charge is -2.42. The van der Waals surface area contributed by atoms with Crippen molar-refractivity contribution in [3.8, 4) is 12.3 Å². The highest BCUT2D eigenvalue weighted by atomic mass is 14.4. The minimum Gasteiger partial charge on any atom is -0.120 e. The lowest BCUT2D eigenvalue weighted by Crippen LogP contribution is -2.33. The normalized spacial score (nSPS) is 30.8. The summed E-state index contributed by atoms with van der Waals surface area (Å²) in [6.07, 6.45) is 23.3. The van der Waals surface area contributed by atoms with E-state index in [-0.39, 0.29) is 5.41 Å². The van der Waals surface area contributed by atoms with Gasteiger partial charge in [-0.15, -0.1) is 12.3 Å². The Bertz CT molecular complexity index is 481. The molecule has 2 aliphatic rings. The van der Waals surface area contributed by atoms with Gasteiger partial charge in [0.05, 0.1) is 0 Å². The Labute approximate surface area is 144 Å². The van der Waals surface area contributed by atoms with Crippen LogP contribution >= 0.6 is 0 Å². The van der Waals surface area contributed by atoms with Gasteiger partial charge in [-0.25, -0.2) is 0 Å². The Morgan fingerprint density at radius 2 is 1.83 bits per heavy atom. The Morgan fingerprint density at radius 1 is 1.13 bits per heavy atom. The number of hydrogen-bond acceptors (Lipinski definition) is 0. The van der Waals surface area contributed by atoms with Crippen molar-refractivity contribution in [1.29, 1.82) is 0 Å². The second-order valence-corrected chi connectivity index (χ2v) is 8.88. The second-order valence-electron chi connectivity index (χ2n) is 8.88. The molecule has 0 nitrogen and oxygen atoms in total. The molecular formula is C23H36. The third-order valence-corrected chi connectivity index (χ3v) is 6.63. The fourth-order valence-corrected chi connectivity index (χ4v) is 4.85. The molecule has 0 heterocycles. The molecule has 2 rings (SSSR count). The Kier molecular flexibility index (Phi) is 5.83. The molecule has 1 saturated carbocycles. The molecule has 0 saturated heterocycles. The van der Waals surface area contributed by atoms with Crippen LogP contribution in [0.15, 0.2) is 24.3 Å². The number of hydrogen-bond donors (Lipinski definition) is 0. The lowest BCUT2D eigenvalue weighted by molar-refractivity contribution is 0.141. The SMILES string of the molecule is C#CC(C)(C)CC(CC)(CC)CC1C=CC2CC(C)C2C=CC1. The van der Waals surface area contributed by atoms with Gasteiger partial charge >= 0.3 is 0 Å². The van der Waals surface area contributed by atoms with E-state index in [0.29, 0.717) is 11.3 Å². The smallest absolute Gasteiger partial charge is 0.0261 e. The van der Waals surface area contributed by atoms with Gasteiger partial charge in [0, 0.05) is 5.41 Å². The van der Waals surface area contributed by atoms with Crippen molar-refractivity contribution < 1.29 is 0 Å². The molecule has 0 bridgehead atoms. The van der Waals surface area contributed by atoms with Crippen LogP contribution in [-0.4, -0.2) is 0 Å². The molecule has 0 N–H and O–H groups in total. The summed E-state index contributed by atoms with van der Waals surface area (Å²) in [4.78, 5) is 0. The molecule has 4 atom stereocenters. The third-order valence-electron chi connectivity index (χ3n) is 6.63. The first-order valence-electron chi connectivity index (χ1n) is 9.67. The Hall–Kier alpha value is -0.960. The maximum Gasteiger partial charge on any atom is 0.0261 e. The highest BCUT2D eigenvalue weighted by molar-refractivity contribution is 5.13. The average Bonchev–Trinajstić information content (AvgIpc) is 2.51. The second kappa shape index (κ2) is 7.29. The van der Waals surface area contributed by atoms with Crippen LogP contribution < -0.4 is 0 Å². The summed E-state index contributed by atoms with van der Waals surface area (Å²) in [5.74, 6) is 6.17. The first kappa shape index (κ1) is 18.4. The molecule has 0 aromatic carbocycles. The summed E-state index contributed by atoms with van der Waals surface area (Å²) in [5.41, 5.74) is 0.381. The molecule has 0 aromatic heterocycles. The van der Waals surface area contributed by atoms with Crippen molar-refractivity contribution in [2.45, 2.75) is 73.1 Å². The van der Waals surface area contributed by atoms with Crippen molar-refractivity contribution in [1.82, 2.24) is 0 Å². The molecule has 23 heavy (non-hydrogen) atoms. The average molecular weight is 313 g/mol. The zero-order valence-electron chi connectivity index (χ0n) is 15.9.